The summed E-state index contributed by atoms with van der Waals surface area (Å²) in [5.74, 6) is 0. The van der Waals surface area contributed by atoms with E-state index in [4.69, 9.17) is 0 Å². The molecular formula is C45H31N. The molecule has 0 N–H and O–H groups in total. The molecular weight excluding hydrogens is 555 g/mol. The molecule has 1 heterocycles. The van der Waals surface area contributed by atoms with Crippen LogP contribution in [0, 0.1) is 6.92 Å². The summed E-state index contributed by atoms with van der Waals surface area (Å²) < 4.78 is 2.39. The Morgan fingerprint density at radius 1 is 0.348 bits per heavy atom. The molecule has 0 bridgehead atoms. The lowest BCUT2D eigenvalue weighted by Crippen LogP contribution is -1.93. The summed E-state index contributed by atoms with van der Waals surface area (Å²) in [4.78, 5) is 0. The van der Waals surface area contributed by atoms with Crippen LogP contribution in [-0.4, -0.2) is 4.57 Å². The van der Waals surface area contributed by atoms with Gasteiger partial charge in [-0.3, -0.25) is 0 Å². The minimum Gasteiger partial charge on any atom is -0.309 e. The summed E-state index contributed by atoms with van der Waals surface area (Å²) in [6, 6.07) is 62.2. The first kappa shape index (κ1) is 26.5. The SMILES string of the molecule is Cc1cccc(-c2ccc3c(c2)c2cc(-c4ccc(-c5cc6ccccc6c6ccccc56)cc4)ccc2n3-c2ccccc2)c1. The molecule has 0 radical (unpaired) electrons. The predicted molar refractivity (Wildman–Crippen MR) is 197 cm³/mol. The number of hydrogen-bond donors (Lipinski definition) is 0. The molecule has 0 saturated heterocycles. The number of nitrogens with zero attached hydrogens (tertiary/aromatic N) is 1. The first-order valence-corrected chi connectivity index (χ1v) is 15.9. The molecule has 46 heavy (non-hydrogen) atoms. The molecule has 0 saturated carbocycles. The normalized spacial score (nSPS) is 11.6. The van der Waals surface area contributed by atoms with Gasteiger partial charge in [0.25, 0.3) is 0 Å². The summed E-state index contributed by atoms with van der Waals surface area (Å²) in [6.45, 7) is 2.16. The number of fused-ring (bicyclic) bond motifs is 6. The Balaban J connectivity index is 1.19. The first-order chi connectivity index (χ1) is 22.7. The van der Waals surface area contributed by atoms with E-state index in [1.54, 1.807) is 0 Å². The molecule has 9 rings (SSSR count). The van der Waals surface area contributed by atoms with Crippen molar-refractivity contribution in [3.05, 3.63) is 175 Å². The Hall–Kier alpha value is -5.92. The van der Waals surface area contributed by atoms with Gasteiger partial charge in [0.1, 0.15) is 0 Å². The van der Waals surface area contributed by atoms with Crippen molar-refractivity contribution >= 4 is 43.4 Å². The van der Waals surface area contributed by atoms with Crippen LogP contribution in [0.3, 0.4) is 0 Å². The van der Waals surface area contributed by atoms with Gasteiger partial charge in [-0.25, -0.2) is 0 Å². The fourth-order valence-electron chi connectivity index (χ4n) is 7.20. The van der Waals surface area contributed by atoms with Gasteiger partial charge in [-0.2, -0.15) is 0 Å². The fourth-order valence-corrected chi connectivity index (χ4v) is 7.20. The van der Waals surface area contributed by atoms with E-state index >= 15 is 0 Å². The van der Waals surface area contributed by atoms with Crippen molar-refractivity contribution < 1.29 is 0 Å². The van der Waals surface area contributed by atoms with Crippen LogP contribution in [0.5, 0.6) is 0 Å². The third-order valence-corrected chi connectivity index (χ3v) is 9.43. The van der Waals surface area contributed by atoms with Gasteiger partial charge in [-0.05, 0) is 104 Å². The van der Waals surface area contributed by atoms with Crippen LogP contribution in [0.15, 0.2) is 170 Å². The molecule has 0 unspecified atom stereocenters. The molecule has 8 aromatic carbocycles. The summed E-state index contributed by atoms with van der Waals surface area (Å²) in [7, 11) is 0. The van der Waals surface area contributed by atoms with Gasteiger partial charge >= 0.3 is 0 Å². The quantitative estimate of drug-likeness (QED) is 0.181. The summed E-state index contributed by atoms with van der Waals surface area (Å²) in [5, 5.41) is 7.67. The summed E-state index contributed by atoms with van der Waals surface area (Å²) >= 11 is 0. The second-order valence-corrected chi connectivity index (χ2v) is 12.3. The van der Waals surface area contributed by atoms with Crippen molar-refractivity contribution in [1.82, 2.24) is 4.57 Å². The van der Waals surface area contributed by atoms with E-state index in [1.807, 2.05) is 0 Å². The minimum absolute atomic E-state index is 1.17. The Bertz CT molecular complexity index is 2570. The van der Waals surface area contributed by atoms with E-state index in [0.717, 1.165) is 0 Å². The highest BCUT2D eigenvalue weighted by Gasteiger charge is 2.15. The zero-order valence-corrected chi connectivity index (χ0v) is 25.6. The van der Waals surface area contributed by atoms with Crippen molar-refractivity contribution in [3.8, 4) is 39.1 Å². The maximum Gasteiger partial charge on any atom is 0.0541 e. The van der Waals surface area contributed by atoms with Crippen molar-refractivity contribution in [1.29, 1.82) is 0 Å². The summed E-state index contributed by atoms with van der Waals surface area (Å²) in [6.07, 6.45) is 0. The Morgan fingerprint density at radius 2 is 0.913 bits per heavy atom. The van der Waals surface area contributed by atoms with Crippen LogP contribution in [0.4, 0.5) is 0 Å². The van der Waals surface area contributed by atoms with E-state index in [1.165, 1.54) is 88.0 Å². The minimum atomic E-state index is 1.17. The highest BCUT2D eigenvalue weighted by molar-refractivity contribution is 6.14. The van der Waals surface area contributed by atoms with Gasteiger partial charge in [0, 0.05) is 16.5 Å². The van der Waals surface area contributed by atoms with Crippen LogP contribution in [0.1, 0.15) is 5.56 Å². The Kier molecular flexibility index (Phi) is 6.11. The van der Waals surface area contributed by atoms with E-state index in [-0.39, 0.29) is 0 Å². The number of para-hydroxylation sites is 1. The Morgan fingerprint density at radius 3 is 1.63 bits per heavy atom. The summed E-state index contributed by atoms with van der Waals surface area (Å²) in [5.41, 5.74) is 12.3. The number of aryl methyl sites for hydroxylation is 1. The van der Waals surface area contributed by atoms with Crippen molar-refractivity contribution in [2.24, 2.45) is 0 Å². The lowest BCUT2D eigenvalue weighted by atomic mass is 9.92. The van der Waals surface area contributed by atoms with Crippen molar-refractivity contribution in [2.75, 3.05) is 0 Å². The highest BCUT2D eigenvalue weighted by atomic mass is 15.0. The monoisotopic (exact) mass is 585 g/mol. The third-order valence-electron chi connectivity index (χ3n) is 9.43. The smallest absolute Gasteiger partial charge is 0.0541 e. The van der Waals surface area contributed by atoms with Crippen LogP contribution >= 0.6 is 0 Å². The number of hydrogen-bond acceptors (Lipinski definition) is 0. The molecule has 0 aliphatic rings. The van der Waals surface area contributed by atoms with E-state index in [0.29, 0.717) is 0 Å². The molecule has 216 valence electrons. The molecule has 0 atom stereocenters. The second kappa shape index (κ2) is 10.6. The number of rotatable bonds is 4. The lowest BCUT2D eigenvalue weighted by Gasteiger charge is -2.12. The molecule has 0 aliphatic heterocycles. The van der Waals surface area contributed by atoms with E-state index < -0.39 is 0 Å². The molecule has 0 aliphatic carbocycles. The standard InChI is InChI=1S/C45H31N/c1-30-10-9-12-33(26-30)35-23-25-45-43(28-35)42-27-34(22-24-44(42)46(45)37-13-3-2-4-14-37)31-18-20-32(21-19-31)41-29-36-11-5-6-15-38(36)39-16-7-8-17-40(39)41/h2-29H,1H3. The van der Waals surface area contributed by atoms with Crippen LogP contribution in [0.25, 0.3) is 82.4 Å². The maximum atomic E-state index is 2.39. The fraction of sp³-hybridized carbons (Fsp3) is 0.0222. The van der Waals surface area contributed by atoms with Crippen molar-refractivity contribution in [2.45, 2.75) is 6.92 Å². The topological polar surface area (TPSA) is 4.93 Å². The first-order valence-electron chi connectivity index (χ1n) is 15.9. The van der Waals surface area contributed by atoms with Gasteiger partial charge in [-0.1, -0.05) is 133 Å². The molecule has 0 spiro atoms. The number of benzene rings is 8. The van der Waals surface area contributed by atoms with E-state index in [2.05, 4.69) is 181 Å². The average Bonchev–Trinajstić information content (AvgIpc) is 3.45. The number of aromatic nitrogens is 1. The molecule has 0 amide bonds. The zero-order chi connectivity index (χ0) is 30.6. The molecule has 1 nitrogen and oxygen atoms in total. The van der Waals surface area contributed by atoms with Gasteiger partial charge in [0.2, 0.25) is 0 Å². The third kappa shape index (κ3) is 4.32. The van der Waals surface area contributed by atoms with Crippen molar-refractivity contribution in [3.63, 3.8) is 0 Å². The largest absolute Gasteiger partial charge is 0.309 e. The average molecular weight is 586 g/mol. The Labute approximate surface area is 268 Å². The van der Waals surface area contributed by atoms with Crippen LogP contribution < -0.4 is 0 Å². The molecule has 9 aromatic rings. The van der Waals surface area contributed by atoms with Gasteiger partial charge in [-0.15, -0.1) is 0 Å². The zero-order valence-electron chi connectivity index (χ0n) is 25.6. The molecule has 0 fully saturated rings. The van der Waals surface area contributed by atoms with Crippen LogP contribution in [0.2, 0.25) is 0 Å². The maximum absolute atomic E-state index is 2.39. The van der Waals surface area contributed by atoms with Gasteiger partial charge < -0.3 is 4.57 Å². The van der Waals surface area contributed by atoms with Gasteiger partial charge in [0.05, 0.1) is 11.0 Å². The van der Waals surface area contributed by atoms with E-state index in [9.17, 15) is 0 Å². The second-order valence-electron chi connectivity index (χ2n) is 12.3. The molecule has 1 heteroatoms. The predicted octanol–water partition coefficient (Wildman–Crippen LogP) is 12.4. The van der Waals surface area contributed by atoms with Gasteiger partial charge in [0.15, 0.2) is 0 Å². The molecule has 1 aromatic heterocycles. The lowest BCUT2D eigenvalue weighted by molar-refractivity contribution is 1.18. The highest BCUT2D eigenvalue weighted by Crippen LogP contribution is 2.39. The van der Waals surface area contributed by atoms with Crippen LogP contribution in [-0.2, 0) is 0 Å².